The number of benzene rings is 1. The maximum atomic E-state index is 13.6. The van der Waals surface area contributed by atoms with Gasteiger partial charge in [0.25, 0.3) is 0 Å². The molecule has 4 aromatic rings. The highest BCUT2D eigenvalue weighted by Crippen LogP contribution is 2.37. The second-order valence-corrected chi connectivity index (χ2v) is 10.6. The smallest absolute Gasteiger partial charge is 0.243 e. The molecule has 0 radical (unpaired) electrons. The zero-order chi connectivity index (χ0) is 27.4. The molecule has 0 aliphatic carbocycles. The molecule has 12 nitrogen and oxygen atoms in total. The van der Waals surface area contributed by atoms with Crippen LogP contribution in [0.25, 0.3) is 17.2 Å². The topological polar surface area (TPSA) is 143 Å². The average Bonchev–Trinajstić information content (AvgIpc) is 3.31. The van der Waals surface area contributed by atoms with E-state index < -0.39 is 21.4 Å². The lowest BCUT2D eigenvalue weighted by molar-refractivity contribution is 0.0950. The Labute approximate surface area is 225 Å². The minimum Gasteiger partial charge on any atom is -0.494 e. The number of anilines is 1. The zero-order valence-electron chi connectivity index (χ0n) is 21.3. The molecule has 1 aromatic carbocycles. The van der Waals surface area contributed by atoms with Crippen LogP contribution in [0.15, 0.2) is 48.8 Å². The first-order valence-electron chi connectivity index (χ1n) is 11.3. The quantitative estimate of drug-likeness (QED) is 0.306. The van der Waals surface area contributed by atoms with E-state index in [2.05, 4.69) is 29.9 Å². The highest BCUT2D eigenvalue weighted by Gasteiger charge is 2.35. The van der Waals surface area contributed by atoms with E-state index in [1.54, 1.807) is 24.3 Å². The average molecular weight is 560 g/mol. The number of methoxy groups -OCH3 is 3. The van der Waals surface area contributed by atoms with Crippen molar-refractivity contribution in [3.63, 3.8) is 0 Å². The molecule has 2 atom stereocenters. The fraction of sp³-hybridized carbons (Fsp3) is 0.292. The molecule has 0 amide bonds. The number of halogens is 1. The highest BCUT2D eigenvalue weighted by molar-refractivity contribution is 7.93. The van der Waals surface area contributed by atoms with Crippen molar-refractivity contribution in [2.75, 3.05) is 26.1 Å². The number of rotatable bonds is 10. The summed E-state index contributed by atoms with van der Waals surface area (Å²) in [5.41, 5.74) is 1.59. The fourth-order valence-corrected chi connectivity index (χ4v) is 5.04. The number of pyridine rings is 1. The maximum Gasteiger partial charge on any atom is 0.243 e. The molecule has 1 N–H and O–H groups in total. The van der Waals surface area contributed by atoms with Crippen LogP contribution in [0.5, 0.6) is 11.5 Å². The van der Waals surface area contributed by atoms with E-state index in [0.717, 1.165) is 5.69 Å². The standard InChI is InChI=1S/C24H26ClN7O5S/c1-14-8-6-9-17(28-14)23-29-30-24(32(23)20-18(35-3)10-7-11-19(20)36-4)31-38(33,34)15(2)21(37-5)22-26-12-16(25)13-27-22/h6-13,15,21H,1-5H3,(H,30,31)/t15-,21-/m0/s1. The summed E-state index contributed by atoms with van der Waals surface area (Å²) in [4.78, 5) is 12.8. The summed E-state index contributed by atoms with van der Waals surface area (Å²) >= 11 is 5.88. The molecule has 4 rings (SSSR count). The lowest BCUT2D eigenvalue weighted by Crippen LogP contribution is -2.33. The van der Waals surface area contributed by atoms with Crippen molar-refractivity contribution >= 4 is 27.6 Å². The number of sulfonamides is 1. The number of aryl methyl sites for hydroxylation is 1. The Morgan fingerprint density at radius 3 is 2.18 bits per heavy atom. The third-order valence-corrected chi connectivity index (χ3v) is 7.59. The van der Waals surface area contributed by atoms with Gasteiger partial charge < -0.3 is 14.2 Å². The molecule has 0 saturated heterocycles. The second kappa shape index (κ2) is 11.3. The number of hydrogen-bond donors (Lipinski definition) is 1. The van der Waals surface area contributed by atoms with Crippen LogP contribution in [0.1, 0.15) is 24.5 Å². The molecular formula is C24H26ClN7O5S. The first-order chi connectivity index (χ1) is 18.2. The van der Waals surface area contributed by atoms with Crippen LogP contribution in [-0.4, -0.2) is 64.7 Å². The van der Waals surface area contributed by atoms with Crippen molar-refractivity contribution in [2.24, 2.45) is 0 Å². The van der Waals surface area contributed by atoms with Gasteiger partial charge in [-0.15, -0.1) is 10.2 Å². The summed E-state index contributed by atoms with van der Waals surface area (Å²) in [6.45, 7) is 3.31. The van der Waals surface area contributed by atoms with Gasteiger partial charge in [0, 0.05) is 25.2 Å². The third kappa shape index (κ3) is 5.39. The Morgan fingerprint density at radius 1 is 0.974 bits per heavy atom. The minimum atomic E-state index is -4.14. The van der Waals surface area contributed by atoms with Gasteiger partial charge in [0.1, 0.15) is 34.2 Å². The van der Waals surface area contributed by atoms with Crippen LogP contribution in [0.4, 0.5) is 5.95 Å². The molecule has 0 aliphatic rings. The maximum absolute atomic E-state index is 13.6. The fourth-order valence-electron chi connectivity index (χ4n) is 3.81. The molecular weight excluding hydrogens is 534 g/mol. The monoisotopic (exact) mass is 559 g/mol. The summed E-state index contributed by atoms with van der Waals surface area (Å²) in [6, 6.07) is 10.6. The van der Waals surface area contributed by atoms with Gasteiger partial charge in [-0.1, -0.05) is 23.7 Å². The molecule has 0 aliphatic heterocycles. The predicted octanol–water partition coefficient (Wildman–Crippen LogP) is 3.62. The molecule has 0 fully saturated rings. The van der Waals surface area contributed by atoms with Crippen molar-refractivity contribution in [3.8, 4) is 28.7 Å². The lowest BCUT2D eigenvalue weighted by Gasteiger charge is -2.22. The van der Waals surface area contributed by atoms with Gasteiger partial charge in [-0.05, 0) is 38.1 Å². The largest absolute Gasteiger partial charge is 0.494 e. The Bertz CT molecular complexity index is 1510. The molecule has 14 heteroatoms. The van der Waals surface area contributed by atoms with Crippen LogP contribution < -0.4 is 14.2 Å². The van der Waals surface area contributed by atoms with Crippen molar-refractivity contribution in [1.82, 2.24) is 29.7 Å². The molecule has 0 unspecified atom stereocenters. The summed E-state index contributed by atoms with van der Waals surface area (Å²) in [5.74, 6) is 1.12. The minimum absolute atomic E-state index is 0.107. The molecule has 3 aromatic heterocycles. The molecule has 200 valence electrons. The normalized spacial score (nSPS) is 13.1. The molecule has 3 heterocycles. The van der Waals surface area contributed by atoms with Gasteiger partial charge in [0.05, 0.1) is 19.2 Å². The van der Waals surface area contributed by atoms with Crippen molar-refractivity contribution in [1.29, 1.82) is 0 Å². The number of para-hydroxylation sites is 1. The van der Waals surface area contributed by atoms with E-state index in [9.17, 15) is 8.42 Å². The van der Waals surface area contributed by atoms with Gasteiger partial charge in [-0.3, -0.25) is 9.29 Å². The van der Waals surface area contributed by atoms with Crippen LogP contribution >= 0.6 is 11.6 Å². The molecule has 0 bridgehead atoms. The van der Waals surface area contributed by atoms with Gasteiger partial charge in [-0.2, -0.15) is 0 Å². The Kier molecular flexibility index (Phi) is 8.09. The van der Waals surface area contributed by atoms with Gasteiger partial charge in [0.15, 0.2) is 11.6 Å². The molecule has 0 spiro atoms. The summed E-state index contributed by atoms with van der Waals surface area (Å²) in [6.07, 6.45) is 1.74. The number of hydrogen-bond acceptors (Lipinski definition) is 10. The molecule has 0 saturated carbocycles. The Morgan fingerprint density at radius 2 is 1.61 bits per heavy atom. The van der Waals surface area contributed by atoms with E-state index in [1.807, 2.05) is 19.1 Å². The summed E-state index contributed by atoms with van der Waals surface area (Å²) in [5, 5.41) is 7.61. The number of nitrogens with zero attached hydrogens (tertiary/aromatic N) is 6. The van der Waals surface area contributed by atoms with E-state index in [1.165, 1.54) is 45.2 Å². The van der Waals surface area contributed by atoms with E-state index in [4.69, 9.17) is 25.8 Å². The molecule has 38 heavy (non-hydrogen) atoms. The zero-order valence-corrected chi connectivity index (χ0v) is 22.9. The van der Waals surface area contributed by atoms with Crippen LogP contribution in [-0.2, 0) is 14.8 Å². The summed E-state index contributed by atoms with van der Waals surface area (Å²) in [7, 11) is 0.219. The SMILES string of the molecule is COc1cccc(OC)c1-n1c(NS(=O)(=O)[C@@H](C)[C@H](OC)c2ncc(Cl)cn2)nnc1-c1cccc(C)n1. The van der Waals surface area contributed by atoms with E-state index >= 15 is 0 Å². The first-order valence-corrected chi connectivity index (χ1v) is 13.2. The Hall–Kier alpha value is -3.81. The highest BCUT2D eigenvalue weighted by atomic mass is 35.5. The first kappa shape index (κ1) is 27.2. The van der Waals surface area contributed by atoms with Crippen LogP contribution in [0.3, 0.4) is 0 Å². The van der Waals surface area contributed by atoms with Gasteiger partial charge >= 0.3 is 0 Å². The van der Waals surface area contributed by atoms with Crippen LogP contribution in [0.2, 0.25) is 5.02 Å². The summed E-state index contributed by atoms with van der Waals surface area (Å²) < 4.78 is 47.9. The van der Waals surface area contributed by atoms with Crippen molar-refractivity contribution < 1.29 is 22.6 Å². The van der Waals surface area contributed by atoms with Crippen molar-refractivity contribution in [3.05, 3.63) is 65.3 Å². The van der Waals surface area contributed by atoms with Crippen molar-refractivity contribution in [2.45, 2.75) is 25.2 Å². The lowest BCUT2D eigenvalue weighted by atomic mass is 10.2. The van der Waals surface area contributed by atoms with E-state index in [0.29, 0.717) is 27.9 Å². The van der Waals surface area contributed by atoms with E-state index in [-0.39, 0.29) is 17.6 Å². The third-order valence-electron chi connectivity index (χ3n) is 5.70. The van der Waals surface area contributed by atoms with Gasteiger partial charge in [-0.25, -0.2) is 23.4 Å². The number of aromatic nitrogens is 6. The second-order valence-electron chi connectivity index (χ2n) is 8.13. The Balaban J connectivity index is 1.84. The number of nitrogens with one attached hydrogen (secondary N) is 1. The predicted molar refractivity (Wildman–Crippen MR) is 141 cm³/mol. The van der Waals surface area contributed by atoms with Gasteiger partial charge in [0.2, 0.25) is 16.0 Å². The number of ether oxygens (including phenoxy) is 3. The van der Waals surface area contributed by atoms with Crippen LogP contribution in [0, 0.1) is 6.92 Å².